The lowest BCUT2D eigenvalue weighted by atomic mass is 10.1. The number of aryl methyl sites for hydroxylation is 1. The van der Waals surface area contributed by atoms with Crippen molar-refractivity contribution in [3.05, 3.63) is 107 Å². The van der Waals surface area contributed by atoms with Crippen LogP contribution in [0.15, 0.2) is 83.9 Å². The SMILES string of the molecule is COc1cc2c(Oc3ccc(NC(=O)c4cc5cnn(C)c5n(-c5ccc(F)cc5)c4=O)cc3F)ccnc2cc1OCCCN1CCOCC1. The van der Waals surface area contributed by atoms with Gasteiger partial charge in [0.2, 0.25) is 0 Å². The third kappa shape index (κ3) is 7.09. The standard InChI is InChI=1S/C37H34F2N6O6/c1-43-36-23(22-41-43)18-28(37(47)45(36)26-7-4-24(38)5-8-26)35(46)42-25-6-9-32(29(39)19-25)51-31-10-11-40-30-21-34(33(48-2)20-27(30)31)50-15-3-12-44-13-16-49-17-14-44/h4-11,18-22H,3,12-17H2,1-2H3,(H,42,46). The van der Waals surface area contributed by atoms with E-state index in [0.717, 1.165) is 45.3 Å². The largest absolute Gasteiger partial charge is 0.493 e. The molecule has 262 valence electrons. The third-order valence-corrected chi connectivity index (χ3v) is 8.59. The number of carbonyl (C=O) groups excluding carboxylic acids is 1. The minimum atomic E-state index is -0.763. The molecule has 1 aliphatic heterocycles. The molecule has 1 N–H and O–H groups in total. The van der Waals surface area contributed by atoms with E-state index in [1.54, 1.807) is 31.4 Å². The first-order valence-electron chi connectivity index (χ1n) is 16.3. The van der Waals surface area contributed by atoms with E-state index in [0.29, 0.717) is 51.5 Å². The summed E-state index contributed by atoms with van der Waals surface area (Å²) in [5, 5.41) is 7.89. The second kappa shape index (κ2) is 14.5. The summed E-state index contributed by atoms with van der Waals surface area (Å²) in [5.41, 5.74) is 0.565. The van der Waals surface area contributed by atoms with Crippen molar-refractivity contribution in [2.24, 2.45) is 7.05 Å². The van der Waals surface area contributed by atoms with Crippen molar-refractivity contribution in [1.29, 1.82) is 0 Å². The zero-order valence-electron chi connectivity index (χ0n) is 27.9. The van der Waals surface area contributed by atoms with Gasteiger partial charge in [-0.3, -0.25) is 28.7 Å². The smallest absolute Gasteiger partial charge is 0.269 e. The highest BCUT2D eigenvalue weighted by atomic mass is 19.1. The molecule has 12 nitrogen and oxygen atoms in total. The molecule has 0 unspecified atom stereocenters. The number of pyridine rings is 2. The minimum absolute atomic E-state index is 0.0977. The number of nitrogens with zero attached hydrogens (tertiary/aromatic N) is 5. The molecule has 0 radical (unpaired) electrons. The number of ether oxygens (including phenoxy) is 4. The molecule has 0 saturated carbocycles. The fourth-order valence-corrected chi connectivity index (χ4v) is 6.01. The van der Waals surface area contributed by atoms with Gasteiger partial charge in [0, 0.05) is 61.5 Å². The van der Waals surface area contributed by atoms with Crippen LogP contribution in [0.3, 0.4) is 0 Å². The quantitative estimate of drug-likeness (QED) is 0.170. The Morgan fingerprint density at radius 3 is 2.53 bits per heavy atom. The minimum Gasteiger partial charge on any atom is -0.493 e. The number of aromatic nitrogens is 4. The number of hydrogen-bond acceptors (Lipinski definition) is 9. The molecule has 7 rings (SSSR count). The van der Waals surface area contributed by atoms with Crippen molar-refractivity contribution in [1.82, 2.24) is 24.2 Å². The molecule has 4 heterocycles. The highest BCUT2D eigenvalue weighted by Crippen LogP contribution is 2.38. The van der Waals surface area contributed by atoms with Gasteiger partial charge in [0.15, 0.2) is 23.1 Å². The molecule has 6 aromatic rings. The summed E-state index contributed by atoms with van der Waals surface area (Å²) in [6, 6.07) is 15.8. The van der Waals surface area contributed by atoms with Gasteiger partial charge < -0.3 is 24.3 Å². The zero-order chi connectivity index (χ0) is 35.5. The van der Waals surface area contributed by atoms with Gasteiger partial charge in [-0.2, -0.15) is 5.10 Å². The van der Waals surface area contributed by atoms with Crippen molar-refractivity contribution in [3.63, 3.8) is 0 Å². The number of halogens is 2. The molecule has 3 aromatic heterocycles. The summed E-state index contributed by atoms with van der Waals surface area (Å²) in [6.07, 6.45) is 3.90. The zero-order valence-corrected chi connectivity index (χ0v) is 27.9. The van der Waals surface area contributed by atoms with Gasteiger partial charge in [-0.25, -0.2) is 8.78 Å². The van der Waals surface area contributed by atoms with E-state index in [2.05, 4.69) is 20.3 Å². The predicted molar refractivity (Wildman–Crippen MR) is 186 cm³/mol. The van der Waals surface area contributed by atoms with E-state index in [1.165, 1.54) is 65.0 Å². The summed E-state index contributed by atoms with van der Waals surface area (Å²) >= 11 is 0. The van der Waals surface area contributed by atoms with Gasteiger partial charge in [0.1, 0.15) is 22.8 Å². The van der Waals surface area contributed by atoms with Crippen LogP contribution in [-0.2, 0) is 11.8 Å². The van der Waals surface area contributed by atoms with Crippen molar-refractivity contribution in [3.8, 4) is 28.7 Å². The van der Waals surface area contributed by atoms with E-state index in [-0.39, 0.29) is 17.0 Å². The number of hydrogen-bond donors (Lipinski definition) is 1. The van der Waals surface area contributed by atoms with Crippen molar-refractivity contribution >= 4 is 33.5 Å². The molecule has 1 aliphatic rings. The molecule has 0 spiro atoms. The Labute approximate surface area is 290 Å². The molecule has 0 atom stereocenters. The van der Waals surface area contributed by atoms with E-state index in [4.69, 9.17) is 18.9 Å². The summed E-state index contributed by atoms with van der Waals surface area (Å²) in [5.74, 6) is -0.740. The molecule has 1 amide bonds. The summed E-state index contributed by atoms with van der Waals surface area (Å²) in [7, 11) is 3.19. The summed E-state index contributed by atoms with van der Waals surface area (Å²) in [6.45, 7) is 4.71. The summed E-state index contributed by atoms with van der Waals surface area (Å²) < 4.78 is 54.9. The Hall–Kier alpha value is -5.86. The van der Waals surface area contributed by atoms with Crippen LogP contribution in [-0.4, -0.2) is 76.7 Å². The number of nitrogens with one attached hydrogen (secondary N) is 1. The Morgan fingerprint density at radius 1 is 0.961 bits per heavy atom. The van der Waals surface area contributed by atoms with Crippen LogP contribution >= 0.6 is 0 Å². The van der Waals surface area contributed by atoms with Gasteiger partial charge >= 0.3 is 0 Å². The molecule has 0 aliphatic carbocycles. The topological polar surface area (TPSA) is 122 Å². The number of rotatable bonds is 11. The van der Waals surface area contributed by atoms with Crippen LogP contribution in [0.2, 0.25) is 0 Å². The van der Waals surface area contributed by atoms with Gasteiger partial charge in [-0.15, -0.1) is 0 Å². The first-order chi connectivity index (χ1) is 24.8. The van der Waals surface area contributed by atoms with Crippen LogP contribution in [0.5, 0.6) is 23.0 Å². The van der Waals surface area contributed by atoms with E-state index in [1.807, 2.05) is 0 Å². The van der Waals surface area contributed by atoms with Crippen molar-refractivity contribution < 1.29 is 32.5 Å². The average molecular weight is 697 g/mol. The molecule has 14 heteroatoms. The van der Waals surface area contributed by atoms with Gasteiger partial charge in [-0.1, -0.05) is 0 Å². The first kappa shape index (κ1) is 33.6. The lowest BCUT2D eigenvalue weighted by Gasteiger charge is -2.26. The second-order valence-corrected chi connectivity index (χ2v) is 11.9. The predicted octanol–water partition coefficient (Wildman–Crippen LogP) is 5.70. The first-order valence-corrected chi connectivity index (χ1v) is 16.3. The third-order valence-electron chi connectivity index (χ3n) is 8.59. The molecular weight excluding hydrogens is 662 g/mol. The van der Waals surface area contributed by atoms with E-state index < -0.39 is 23.1 Å². The lowest BCUT2D eigenvalue weighted by molar-refractivity contribution is 0.0357. The van der Waals surface area contributed by atoms with Crippen LogP contribution in [0.1, 0.15) is 16.8 Å². The van der Waals surface area contributed by atoms with Crippen LogP contribution in [0, 0.1) is 11.6 Å². The van der Waals surface area contributed by atoms with Crippen LogP contribution in [0.4, 0.5) is 14.5 Å². The molecule has 0 bridgehead atoms. The van der Waals surface area contributed by atoms with E-state index in [9.17, 15) is 14.0 Å². The van der Waals surface area contributed by atoms with Crippen molar-refractivity contribution in [2.75, 3.05) is 51.9 Å². The fraction of sp³-hybridized carbons (Fsp3) is 0.243. The average Bonchev–Trinajstić information content (AvgIpc) is 3.51. The molecule has 1 saturated heterocycles. The second-order valence-electron chi connectivity index (χ2n) is 11.9. The maximum atomic E-state index is 15.5. The maximum Gasteiger partial charge on any atom is 0.269 e. The number of benzene rings is 3. The molecule has 3 aromatic carbocycles. The van der Waals surface area contributed by atoms with Gasteiger partial charge in [0.05, 0.1) is 44.3 Å². The Morgan fingerprint density at radius 2 is 1.76 bits per heavy atom. The highest BCUT2D eigenvalue weighted by Gasteiger charge is 2.21. The number of amides is 1. The number of morpholine rings is 1. The summed E-state index contributed by atoms with van der Waals surface area (Å²) in [4.78, 5) is 33.8. The van der Waals surface area contributed by atoms with Crippen molar-refractivity contribution in [2.45, 2.75) is 6.42 Å². The maximum absolute atomic E-state index is 15.5. The number of carbonyl (C=O) groups is 1. The highest BCUT2D eigenvalue weighted by molar-refractivity contribution is 6.05. The molecule has 1 fully saturated rings. The Bertz CT molecular complexity index is 2290. The van der Waals surface area contributed by atoms with Gasteiger partial charge in [0.25, 0.3) is 11.5 Å². The fourth-order valence-electron chi connectivity index (χ4n) is 6.01. The Kier molecular flexibility index (Phi) is 9.59. The molecular formula is C37H34F2N6O6. The van der Waals surface area contributed by atoms with Gasteiger partial charge in [-0.05, 0) is 61.0 Å². The lowest BCUT2D eigenvalue weighted by Crippen LogP contribution is -2.37. The monoisotopic (exact) mass is 696 g/mol. The number of fused-ring (bicyclic) bond motifs is 2. The number of methoxy groups -OCH3 is 1. The van der Waals surface area contributed by atoms with E-state index >= 15 is 4.39 Å². The Balaban J connectivity index is 1.08. The molecule has 51 heavy (non-hydrogen) atoms. The normalized spacial score (nSPS) is 13.4. The van der Waals surface area contributed by atoms with Crippen LogP contribution < -0.4 is 25.1 Å². The number of anilines is 1. The van der Waals surface area contributed by atoms with Crippen LogP contribution in [0.25, 0.3) is 27.6 Å².